The fraction of sp³-hybridized carbons (Fsp3) is 0.333. The topological polar surface area (TPSA) is 59.9 Å². The van der Waals surface area contributed by atoms with E-state index in [1.165, 1.54) is 0 Å². The number of aromatic amines is 1. The molecule has 1 aliphatic rings. The fourth-order valence-corrected chi connectivity index (χ4v) is 2.88. The minimum absolute atomic E-state index is 0.0926. The summed E-state index contributed by atoms with van der Waals surface area (Å²) in [6.45, 7) is 5.32. The zero-order valence-corrected chi connectivity index (χ0v) is 12.9. The summed E-state index contributed by atoms with van der Waals surface area (Å²) in [6, 6.07) is 2.16. The van der Waals surface area contributed by atoms with Crippen LogP contribution in [0, 0.1) is 11.3 Å². The summed E-state index contributed by atoms with van der Waals surface area (Å²) in [4.78, 5) is 15.1. The highest BCUT2D eigenvalue weighted by atomic mass is 31.0. The van der Waals surface area contributed by atoms with E-state index >= 15 is 0 Å². The molecule has 1 unspecified atom stereocenters. The van der Waals surface area contributed by atoms with Crippen molar-refractivity contribution in [1.82, 2.24) is 9.65 Å². The molecule has 2 rings (SSSR count). The normalized spacial score (nSPS) is 18.0. The SMILES string of the molecule is C\C=C/C(C#N)=c1/[nH]c(=O)c2c(/c1=C/C)CCN(P)C2. The van der Waals surface area contributed by atoms with Crippen LogP contribution < -0.4 is 16.1 Å². The highest BCUT2D eigenvalue weighted by Gasteiger charge is 2.18. The van der Waals surface area contributed by atoms with Crippen LogP contribution in [-0.2, 0) is 13.0 Å². The van der Waals surface area contributed by atoms with Crippen LogP contribution in [0.1, 0.15) is 25.0 Å². The van der Waals surface area contributed by atoms with Crippen molar-refractivity contribution in [1.29, 1.82) is 5.26 Å². The van der Waals surface area contributed by atoms with Crippen LogP contribution in [0.15, 0.2) is 16.9 Å². The number of aromatic nitrogens is 1. The molecule has 20 heavy (non-hydrogen) atoms. The quantitative estimate of drug-likeness (QED) is 0.768. The van der Waals surface area contributed by atoms with Crippen molar-refractivity contribution in [3.8, 4) is 6.07 Å². The molecule has 0 aromatic carbocycles. The predicted molar refractivity (Wildman–Crippen MR) is 84.1 cm³/mol. The molecule has 1 aromatic rings. The third-order valence-corrected chi connectivity index (χ3v) is 3.93. The summed E-state index contributed by atoms with van der Waals surface area (Å²) in [5, 5.41) is 10.9. The largest absolute Gasteiger partial charge is 0.321 e. The van der Waals surface area contributed by atoms with Crippen molar-refractivity contribution in [2.45, 2.75) is 26.8 Å². The van der Waals surface area contributed by atoms with Crippen molar-refractivity contribution in [2.75, 3.05) is 6.54 Å². The summed E-state index contributed by atoms with van der Waals surface area (Å²) < 4.78 is 2.05. The molecule has 1 aromatic heterocycles. The molecule has 0 fully saturated rings. The van der Waals surface area contributed by atoms with Gasteiger partial charge in [-0.1, -0.05) is 21.5 Å². The molecule has 2 heterocycles. The van der Waals surface area contributed by atoms with E-state index in [0.29, 0.717) is 17.5 Å². The lowest BCUT2D eigenvalue weighted by Gasteiger charge is -2.24. The first-order valence-electron chi connectivity index (χ1n) is 6.59. The smallest absolute Gasteiger partial charge is 0.253 e. The second kappa shape index (κ2) is 6.17. The monoisotopic (exact) mass is 287 g/mol. The number of nitriles is 1. The van der Waals surface area contributed by atoms with Crippen LogP contribution >= 0.6 is 9.39 Å². The number of allylic oxidation sites excluding steroid dienone is 2. The molecule has 0 aliphatic carbocycles. The molecule has 1 atom stereocenters. The molecule has 0 saturated heterocycles. The predicted octanol–water partition coefficient (Wildman–Crippen LogP) is 0.574. The summed E-state index contributed by atoms with van der Waals surface area (Å²) >= 11 is 0. The van der Waals surface area contributed by atoms with E-state index in [2.05, 4.69) is 25.1 Å². The van der Waals surface area contributed by atoms with Crippen molar-refractivity contribution < 1.29 is 0 Å². The van der Waals surface area contributed by atoms with E-state index in [-0.39, 0.29) is 5.56 Å². The summed E-state index contributed by atoms with van der Waals surface area (Å²) in [5.41, 5.74) is 2.28. The Labute approximate surface area is 120 Å². The van der Waals surface area contributed by atoms with Crippen molar-refractivity contribution in [3.63, 3.8) is 0 Å². The second-order valence-corrected chi connectivity index (χ2v) is 5.46. The molecule has 0 bridgehead atoms. The number of hydrogen-bond donors (Lipinski definition) is 1. The summed E-state index contributed by atoms with van der Waals surface area (Å²) in [7, 11) is 2.64. The number of H-pyrrole nitrogens is 1. The molecular formula is C15H18N3OP. The van der Waals surface area contributed by atoms with Gasteiger partial charge in [-0.15, -0.1) is 0 Å². The molecule has 5 heteroatoms. The molecule has 0 radical (unpaired) electrons. The average molecular weight is 287 g/mol. The van der Waals surface area contributed by atoms with Crippen LogP contribution in [0.2, 0.25) is 0 Å². The molecule has 0 amide bonds. The van der Waals surface area contributed by atoms with E-state index in [4.69, 9.17) is 0 Å². The van der Waals surface area contributed by atoms with Gasteiger partial charge in [0.15, 0.2) is 0 Å². The molecular weight excluding hydrogens is 269 g/mol. The van der Waals surface area contributed by atoms with Gasteiger partial charge in [0.05, 0.1) is 10.9 Å². The third kappa shape index (κ3) is 2.60. The summed E-state index contributed by atoms with van der Waals surface area (Å²) in [5.74, 6) is 0. The Balaban J connectivity index is 2.93. The molecule has 1 N–H and O–H groups in total. The molecule has 104 valence electrons. The Morgan fingerprint density at radius 1 is 1.45 bits per heavy atom. The lowest BCUT2D eigenvalue weighted by molar-refractivity contribution is 0.438. The lowest BCUT2D eigenvalue weighted by atomic mass is 9.99. The average Bonchev–Trinajstić information content (AvgIpc) is 2.45. The first-order chi connectivity index (χ1) is 9.62. The van der Waals surface area contributed by atoms with Gasteiger partial charge in [0.25, 0.3) is 5.56 Å². The van der Waals surface area contributed by atoms with Crippen LogP contribution in [0.4, 0.5) is 0 Å². The molecule has 4 nitrogen and oxygen atoms in total. The van der Waals surface area contributed by atoms with Gasteiger partial charge in [0.1, 0.15) is 6.07 Å². The number of pyridine rings is 1. The van der Waals surface area contributed by atoms with Gasteiger partial charge in [-0.3, -0.25) is 9.46 Å². The Morgan fingerprint density at radius 3 is 2.80 bits per heavy atom. The van der Waals surface area contributed by atoms with Gasteiger partial charge >= 0.3 is 0 Å². The highest BCUT2D eigenvalue weighted by molar-refractivity contribution is 7.13. The van der Waals surface area contributed by atoms with Crippen LogP contribution in [0.25, 0.3) is 11.6 Å². The fourth-order valence-electron chi connectivity index (χ4n) is 2.57. The minimum Gasteiger partial charge on any atom is -0.321 e. The van der Waals surface area contributed by atoms with Crippen molar-refractivity contribution >= 4 is 21.0 Å². The Hall–Kier alpha value is -1.69. The van der Waals surface area contributed by atoms with E-state index in [9.17, 15) is 10.1 Å². The van der Waals surface area contributed by atoms with Gasteiger partial charge < -0.3 is 4.98 Å². The number of nitrogens with zero attached hydrogens (tertiary/aromatic N) is 2. The third-order valence-electron chi connectivity index (χ3n) is 3.49. The van der Waals surface area contributed by atoms with Gasteiger partial charge in [0.2, 0.25) is 0 Å². The van der Waals surface area contributed by atoms with E-state index in [1.54, 1.807) is 12.2 Å². The number of fused-ring (bicyclic) bond motifs is 1. The summed E-state index contributed by atoms with van der Waals surface area (Å²) in [6.07, 6.45) is 6.34. The Kier molecular flexibility index (Phi) is 4.54. The molecule has 1 aliphatic heterocycles. The van der Waals surface area contributed by atoms with Crippen molar-refractivity contribution in [2.24, 2.45) is 0 Å². The standard InChI is InChI=1S/C15H18N3OP/c1-3-5-10(8-16)14-11(4-2)12-6-7-18(20)9-13(12)15(19)17-14/h3-5H,6-7,9,20H2,1-2H3,(H,17,19)/b5-3-,11-4-,14-10-. The highest BCUT2D eigenvalue weighted by Crippen LogP contribution is 2.14. The Morgan fingerprint density at radius 2 is 2.20 bits per heavy atom. The maximum atomic E-state index is 12.3. The number of hydrogen-bond acceptors (Lipinski definition) is 3. The molecule has 0 spiro atoms. The number of nitrogens with one attached hydrogen (secondary N) is 1. The van der Waals surface area contributed by atoms with Gasteiger partial charge in [-0.05, 0) is 37.1 Å². The zero-order valence-electron chi connectivity index (χ0n) is 11.7. The minimum atomic E-state index is -0.0926. The van der Waals surface area contributed by atoms with Gasteiger partial charge in [-0.25, -0.2) is 0 Å². The Bertz CT molecular complexity index is 768. The lowest BCUT2D eigenvalue weighted by Crippen LogP contribution is -2.44. The van der Waals surface area contributed by atoms with Gasteiger partial charge in [-0.2, -0.15) is 5.26 Å². The van der Waals surface area contributed by atoms with Crippen LogP contribution in [0.5, 0.6) is 0 Å². The van der Waals surface area contributed by atoms with E-state index < -0.39 is 0 Å². The molecule has 0 saturated carbocycles. The van der Waals surface area contributed by atoms with Gasteiger partial charge in [0, 0.05) is 18.7 Å². The number of rotatable bonds is 1. The van der Waals surface area contributed by atoms with Crippen molar-refractivity contribution in [3.05, 3.63) is 44.2 Å². The van der Waals surface area contributed by atoms with E-state index in [1.807, 2.05) is 19.9 Å². The van der Waals surface area contributed by atoms with E-state index in [0.717, 1.165) is 29.3 Å². The first-order valence-corrected chi connectivity index (χ1v) is 7.11. The first kappa shape index (κ1) is 14.7. The maximum absolute atomic E-state index is 12.3. The zero-order chi connectivity index (χ0) is 14.7. The second-order valence-electron chi connectivity index (χ2n) is 4.73. The van der Waals surface area contributed by atoms with Crippen LogP contribution in [0.3, 0.4) is 0 Å². The van der Waals surface area contributed by atoms with Crippen LogP contribution in [-0.4, -0.2) is 16.2 Å². The maximum Gasteiger partial charge on any atom is 0.253 e.